The van der Waals surface area contributed by atoms with Crippen molar-refractivity contribution in [1.82, 2.24) is 19.7 Å². The predicted octanol–water partition coefficient (Wildman–Crippen LogP) is 2.94. The van der Waals surface area contributed by atoms with Gasteiger partial charge >= 0.3 is 0 Å². The van der Waals surface area contributed by atoms with Gasteiger partial charge in [-0.1, -0.05) is 48.5 Å². The van der Waals surface area contributed by atoms with Crippen molar-refractivity contribution in [1.29, 1.82) is 0 Å². The number of amides is 1. The first-order valence-electron chi connectivity index (χ1n) is 10.5. The van der Waals surface area contributed by atoms with Crippen LogP contribution in [-0.4, -0.2) is 40.0 Å². The molecule has 0 bridgehead atoms. The molecule has 0 radical (unpaired) electrons. The average molecular weight is 418 g/mol. The Kier molecular flexibility index (Phi) is 6.43. The maximum absolute atomic E-state index is 13.3. The Hall–Kier alpha value is -3.45. The molecule has 2 heterocycles. The van der Waals surface area contributed by atoms with Crippen LogP contribution in [0.5, 0.6) is 0 Å². The Morgan fingerprint density at radius 1 is 1.06 bits per heavy atom. The summed E-state index contributed by atoms with van der Waals surface area (Å²) < 4.78 is 8.52. The van der Waals surface area contributed by atoms with E-state index in [1.54, 1.807) is 6.20 Å². The molecule has 0 spiro atoms. The highest BCUT2D eigenvalue weighted by Crippen LogP contribution is 2.27. The third-order valence-corrected chi connectivity index (χ3v) is 5.24. The van der Waals surface area contributed by atoms with E-state index >= 15 is 0 Å². The molecule has 0 aliphatic carbocycles. The number of para-hydroxylation sites is 1. The second-order valence-corrected chi connectivity index (χ2v) is 7.36. The highest BCUT2D eigenvalue weighted by molar-refractivity contribution is 6.07. The molecular weight excluding hydrogens is 392 g/mol. The minimum atomic E-state index is -0.269. The molecule has 4 rings (SSSR count). The van der Waals surface area contributed by atoms with Crippen molar-refractivity contribution in [2.45, 2.75) is 26.4 Å². The maximum atomic E-state index is 13.3. The number of nitrogens with one attached hydrogen (secondary N) is 1. The fourth-order valence-electron chi connectivity index (χ4n) is 3.77. The minimum absolute atomic E-state index is 0.115. The lowest BCUT2D eigenvalue weighted by molar-refractivity contribution is -0.121. The zero-order chi connectivity index (χ0) is 21.6. The Morgan fingerprint density at radius 2 is 1.84 bits per heavy atom. The number of nitrogens with zero attached hydrogens (tertiary/aromatic N) is 3. The van der Waals surface area contributed by atoms with Crippen LogP contribution in [-0.2, 0) is 22.6 Å². The maximum Gasteiger partial charge on any atom is 0.291 e. The van der Waals surface area contributed by atoms with E-state index in [0.29, 0.717) is 31.8 Å². The monoisotopic (exact) mass is 418 g/mol. The lowest BCUT2D eigenvalue weighted by atomic mass is 10.2. The van der Waals surface area contributed by atoms with E-state index in [-0.39, 0.29) is 18.0 Å². The van der Waals surface area contributed by atoms with Crippen molar-refractivity contribution in [2.75, 3.05) is 19.8 Å². The van der Waals surface area contributed by atoms with E-state index in [0.717, 1.165) is 28.3 Å². The van der Waals surface area contributed by atoms with Crippen molar-refractivity contribution in [3.8, 4) is 0 Å². The van der Waals surface area contributed by atoms with Gasteiger partial charge < -0.3 is 14.6 Å². The molecule has 7 heteroatoms. The zero-order valence-corrected chi connectivity index (χ0v) is 17.6. The summed E-state index contributed by atoms with van der Waals surface area (Å²) in [5.74, 6) is -0.240. The fraction of sp³-hybridized carbons (Fsp3) is 0.292. The number of hydrogen-bond donors (Lipinski definition) is 1. The number of benzene rings is 2. The summed E-state index contributed by atoms with van der Waals surface area (Å²) in [6.07, 6.45) is 2.41. The molecule has 2 aromatic heterocycles. The van der Waals surface area contributed by atoms with Crippen LogP contribution >= 0.6 is 0 Å². The summed E-state index contributed by atoms with van der Waals surface area (Å²) in [6, 6.07) is 17.9. The standard InChI is InChI=1S/C24H26N4O3/c1-2-31-14-8-13-25-22(29)17-28-24(30)23-20(15-26-28)19-11-6-7-12-21(19)27(23)16-18-9-4-3-5-10-18/h3-7,9-12,15H,2,8,13-14,16-17H2,1H3,(H,25,29). The first kappa shape index (κ1) is 20.8. The van der Waals surface area contributed by atoms with Gasteiger partial charge in [-0.25, -0.2) is 4.68 Å². The second kappa shape index (κ2) is 9.57. The Labute approximate surface area is 180 Å². The van der Waals surface area contributed by atoms with Crippen LogP contribution in [0.15, 0.2) is 65.6 Å². The molecule has 1 N–H and O–H groups in total. The van der Waals surface area contributed by atoms with Crippen LogP contribution in [0, 0.1) is 0 Å². The summed E-state index contributed by atoms with van der Waals surface area (Å²) in [6.45, 7) is 4.14. The van der Waals surface area contributed by atoms with Crippen molar-refractivity contribution in [3.05, 3.63) is 76.7 Å². The highest BCUT2D eigenvalue weighted by atomic mass is 16.5. The van der Waals surface area contributed by atoms with Gasteiger partial charge in [-0.3, -0.25) is 9.59 Å². The lowest BCUT2D eigenvalue weighted by Crippen LogP contribution is -2.34. The quantitative estimate of drug-likeness (QED) is 0.424. The smallest absolute Gasteiger partial charge is 0.291 e. The van der Waals surface area contributed by atoms with E-state index in [2.05, 4.69) is 10.4 Å². The van der Waals surface area contributed by atoms with Gasteiger partial charge in [-0.15, -0.1) is 0 Å². The molecule has 7 nitrogen and oxygen atoms in total. The van der Waals surface area contributed by atoms with E-state index in [4.69, 9.17) is 4.74 Å². The molecule has 0 atom stereocenters. The van der Waals surface area contributed by atoms with Crippen LogP contribution in [0.3, 0.4) is 0 Å². The number of carbonyl (C=O) groups excluding carboxylic acids is 1. The van der Waals surface area contributed by atoms with Crippen LogP contribution < -0.4 is 10.9 Å². The van der Waals surface area contributed by atoms with Gasteiger partial charge in [0.1, 0.15) is 12.1 Å². The largest absolute Gasteiger partial charge is 0.382 e. The third kappa shape index (κ3) is 4.51. The SMILES string of the molecule is CCOCCCNC(=O)Cn1ncc2c3ccccc3n(Cc3ccccc3)c2c1=O. The van der Waals surface area contributed by atoms with Gasteiger partial charge in [0, 0.05) is 42.6 Å². The van der Waals surface area contributed by atoms with Crippen LogP contribution in [0.4, 0.5) is 0 Å². The normalized spacial score (nSPS) is 11.3. The van der Waals surface area contributed by atoms with E-state index in [1.807, 2.05) is 66.1 Å². The number of hydrogen-bond acceptors (Lipinski definition) is 4. The van der Waals surface area contributed by atoms with Crippen LogP contribution in [0.2, 0.25) is 0 Å². The molecule has 0 aliphatic heterocycles. The van der Waals surface area contributed by atoms with E-state index in [1.165, 1.54) is 4.68 Å². The van der Waals surface area contributed by atoms with Crippen LogP contribution in [0.25, 0.3) is 21.8 Å². The molecule has 0 aliphatic rings. The van der Waals surface area contributed by atoms with Crippen molar-refractivity contribution >= 4 is 27.7 Å². The molecular formula is C24H26N4O3. The summed E-state index contributed by atoms with van der Waals surface area (Å²) in [5, 5.41) is 8.87. The molecule has 0 saturated carbocycles. The lowest BCUT2D eigenvalue weighted by Gasteiger charge is -2.09. The molecule has 160 valence electrons. The van der Waals surface area contributed by atoms with Crippen LogP contribution in [0.1, 0.15) is 18.9 Å². The Morgan fingerprint density at radius 3 is 2.65 bits per heavy atom. The van der Waals surface area contributed by atoms with Gasteiger partial charge in [0.2, 0.25) is 5.91 Å². The molecule has 31 heavy (non-hydrogen) atoms. The Balaban J connectivity index is 1.66. The second-order valence-electron chi connectivity index (χ2n) is 7.36. The molecule has 0 saturated heterocycles. The average Bonchev–Trinajstić information content (AvgIpc) is 3.10. The number of carbonyl (C=O) groups is 1. The minimum Gasteiger partial charge on any atom is -0.382 e. The van der Waals surface area contributed by atoms with Gasteiger partial charge in [-0.05, 0) is 25.0 Å². The van der Waals surface area contributed by atoms with Gasteiger partial charge in [-0.2, -0.15) is 5.10 Å². The van der Waals surface area contributed by atoms with E-state index < -0.39 is 0 Å². The molecule has 0 fully saturated rings. The summed E-state index contributed by atoms with van der Waals surface area (Å²) >= 11 is 0. The fourth-order valence-corrected chi connectivity index (χ4v) is 3.77. The first-order valence-corrected chi connectivity index (χ1v) is 10.5. The first-order chi connectivity index (χ1) is 15.2. The number of aromatic nitrogens is 3. The van der Waals surface area contributed by atoms with Crippen molar-refractivity contribution in [3.63, 3.8) is 0 Å². The summed E-state index contributed by atoms with van der Waals surface area (Å²) in [5.41, 5.74) is 2.36. The highest BCUT2D eigenvalue weighted by Gasteiger charge is 2.17. The van der Waals surface area contributed by atoms with Crippen molar-refractivity contribution < 1.29 is 9.53 Å². The zero-order valence-electron chi connectivity index (χ0n) is 17.6. The molecule has 1 amide bonds. The number of rotatable bonds is 9. The Bertz CT molecular complexity index is 1240. The van der Waals surface area contributed by atoms with E-state index in [9.17, 15) is 9.59 Å². The van der Waals surface area contributed by atoms with Gasteiger partial charge in [0.05, 0.1) is 6.20 Å². The van der Waals surface area contributed by atoms with Crippen molar-refractivity contribution in [2.24, 2.45) is 0 Å². The summed E-state index contributed by atoms with van der Waals surface area (Å²) in [4.78, 5) is 25.7. The molecule has 0 unspecified atom stereocenters. The molecule has 4 aromatic rings. The predicted molar refractivity (Wildman–Crippen MR) is 121 cm³/mol. The third-order valence-electron chi connectivity index (χ3n) is 5.24. The molecule has 2 aromatic carbocycles. The van der Waals surface area contributed by atoms with Gasteiger partial charge in [0.25, 0.3) is 5.56 Å². The number of ether oxygens (including phenoxy) is 1. The number of fused-ring (bicyclic) bond motifs is 3. The summed E-state index contributed by atoms with van der Waals surface area (Å²) in [7, 11) is 0. The topological polar surface area (TPSA) is 78.2 Å². The van der Waals surface area contributed by atoms with Gasteiger partial charge in [0.15, 0.2) is 0 Å².